The smallest absolute Gasteiger partial charge is 0.243 e. The Kier molecular flexibility index (Phi) is 5.32. The molecule has 0 heterocycles. The second-order valence-electron chi connectivity index (χ2n) is 6.41. The molecule has 0 spiro atoms. The lowest BCUT2D eigenvalue weighted by molar-refractivity contribution is -0.123. The third-order valence-corrected chi connectivity index (χ3v) is 4.42. The second-order valence-corrected chi connectivity index (χ2v) is 6.41. The lowest BCUT2D eigenvalue weighted by atomic mass is 10.0. The first-order valence-electron chi connectivity index (χ1n) is 8.64. The van der Waals surface area contributed by atoms with Crippen molar-refractivity contribution in [1.82, 2.24) is 5.32 Å². The number of rotatable bonds is 5. The Bertz CT molecular complexity index is 938. The summed E-state index contributed by atoms with van der Waals surface area (Å²) in [6.45, 7) is 3.85. The lowest BCUT2D eigenvalue weighted by Crippen LogP contribution is -2.34. The monoisotopic (exact) mass is 346 g/mol. The normalized spacial score (nSPS) is 10.5. The Hall–Kier alpha value is -3.14. The van der Waals surface area contributed by atoms with Crippen LogP contribution in [0.2, 0.25) is 0 Å². The van der Waals surface area contributed by atoms with Crippen LogP contribution in [0, 0.1) is 13.8 Å². The van der Waals surface area contributed by atoms with Crippen LogP contribution in [-0.4, -0.2) is 18.4 Å². The van der Waals surface area contributed by atoms with E-state index >= 15 is 0 Å². The maximum atomic E-state index is 12.3. The molecule has 3 aromatic rings. The third kappa shape index (κ3) is 4.09. The van der Waals surface area contributed by atoms with E-state index < -0.39 is 0 Å². The van der Waals surface area contributed by atoms with Crippen LogP contribution in [-0.2, 0) is 16.0 Å². The maximum Gasteiger partial charge on any atom is 0.243 e. The zero-order chi connectivity index (χ0) is 18.5. The lowest BCUT2D eigenvalue weighted by Gasteiger charge is -2.12. The molecule has 0 aromatic heterocycles. The molecule has 0 atom stereocenters. The molecule has 0 aliphatic heterocycles. The highest BCUT2D eigenvalue weighted by atomic mass is 16.2. The summed E-state index contributed by atoms with van der Waals surface area (Å²) in [5, 5.41) is 7.74. The summed E-state index contributed by atoms with van der Waals surface area (Å²) in [5.74, 6) is -0.397. The number of para-hydroxylation sites is 1. The Morgan fingerprint density at radius 1 is 0.808 bits per heavy atom. The summed E-state index contributed by atoms with van der Waals surface area (Å²) in [4.78, 5) is 24.4. The first kappa shape index (κ1) is 17.7. The van der Waals surface area contributed by atoms with Gasteiger partial charge in [0.25, 0.3) is 0 Å². The van der Waals surface area contributed by atoms with Gasteiger partial charge < -0.3 is 10.6 Å². The molecular weight excluding hydrogens is 324 g/mol. The van der Waals surface area contributed by atoms with Crippen molar-refractivity contribution in [3.05, 3.63) is 77.4 Å². The number of carbonyl (C=O) groups excluding carboxylic acids is 2. The SMILES string of the molecule is Cc1cccc(C)c1NC(=O)CNC(=O)Cc1cccc2ccccc12. The van der Waals surface area contributed by atoms with Crippen molar-refractivity contribution in [3.8, 4) is 0 Å². The highest BCUT2D eigenvalue weighted by Gasteiger charge is 2.10. The van der Waals surface area contributed by atoms with Gasteiger partial charge in [0.2, 0.25) is 11.8 Å². The molecule has 0 saturated heterocycles. The largest absolute Gasteiger partial charge is 0.347 e. The minimum atomic E-state index is -0.228. The van der Waals surface area contributed by atoms with Gasteiger partial charge in [0.05, 0.1) is 13.0 Å². The van der Waals surface area contributed by atoms with Gasteiger partial charge in [0.1, 0.15) is 0 Å². The van der Waals surface area contributed by atoms with E-state index in [0.717, 1.165) is 33.2 Å². The van der Waals surface area contributed by atoms with E-state index in [9.17, 15) is 9.59 Å². The number of fused-ring (bicyclic) bond motifs is 1. The summed E-state index contributed by atoms with van der Waals surface area (Å²) in [5.41, 5.74) is 3.76. The second kappa shape index (κ2) is 7.83. The van der Waals surface area contributed by atoms with E-state index in [2.05, 4.69) is 10.6 Å². The fourth-order valence-electron chi connectivity index (χ4n) is 3.06. The number of benzene rings is 3. The molecule has 0 fully saturated rings. The van der Waals surface area contributed by atoms with Crippen LogP contribution in [0.3, 0.4) is 0 Å². The molecule has 0 unspecified atom stereocenters. The molecule has 0 saturated carbocycles. The van der Waals surface area contributed by atoms with Crippen LogP contribution >= 0.6 is 0 Å². The Balaban J connectivity index is 1.59. The molecule has 26 heavy (non-hydrogen) atoms. The number of anilines is 1. The van der Waals surface area contributed by atoms with Gasteiger partial charge in [0.15, 0.2) is 0 Å². The van der Waals surface area contributed by atoms with Crippen LogP contribution < -0.4 is 10.6 Å². The quantitative estimate of drug-likeness (QED) is 0.739. The Morgan fingerprint density at radius 2 is 1.46 bits per heavy atom. The highest BCUT2D eigenvalue weighted by molar-refractivity contribution is 5.96. The Labute approximate surface area is 153 Å². The summed E-state index contributed by atoms with van der Waals surface area (Å²) in [7, 11) is 0. The maximum absolute atomic E-state index is 12.3. The molecule has 0 aliphatic rings. The number of carbonyl (C=O) groups is 2. The average molecular weight is 346 g/mol. The summed E-state index contributed by atoms with van der Waals surface area (Å²) in [6, 6.07) is 19.7. The van der Waals surface area contributed by atoms with Crippen LogP contribution in [0.1, 0.15) is 16.7 Å². The van der Waals surface area contributed by atoms with E-state index in [1.807, 2.05) is 74.5 Å². The van der Waals surface area contributed by atoms with E-state index in [1.54, 1.807) is 0 Å². The van der Waals surface area contributed by atoms with E-state index in [1.165, 1.54) is 0 Å². The molecule has 0 radical (unpaired) electrons. The molecular formula is C22H22N2O2. The van der Waals surface area contributed by atoms with Crippen molar-refractivity contribution in [3.63, 3.8) is 0 Å². The number of hydrogen-bond donors (Lipinski definition) is 2. The molecule has 0 aliphatic carbocycles. The fraction of sp³-hybridized carbons (Fsp3) is 0.182. The zero-order valence-corrected chi connectivity index (χ0v) is 15.0. The number of hydrogen-bond acceptors (Lipinski definition) is 2. The van der Waals surface area contributed by atoms with Gasteiger partial charge >= 0.3 is 0 Å². The molecule has 0 bridgehead atoms. The van der Waals surface area contributed by atoms with Crippen molar-refractivity contribution in [2.24, 2.45) is 0 Å². The molecule has 132 valence electrons. The van der Waals surface area contributed by atoms with Crippen molar-refractivity contribution in [2.45, 2.75) is 20.3 Å². The summed E-state index contributed by atoms with van der Waals surface area (Å²) < 4.78 is 0. The van der Waals surface area contributed by atoms with Crippen molar-refractivity contribution >= 4 is 28.3 Å². The van der Waals surface area contributed by atoms with Crippen molar-refractivity contribution in [1.29, 1.82) is 0 Å². The van der Waals surface area contributed by atoms with Gasteiger partial charge in [-0.1, -0.05) is 60.7 Å². The van der Waals surface area contributed by atoms with Crippen LogP contribution in [0.15, 0.2) is 60.7 Å². The van der Waals surface area contributed by atoms with Gasteiger partial charge in [-0.2, -0.15) is 0 Å². The third-order valence-electron chi connectivity index (χ3n) is 4.42. The zero-order valence-electron chi connectivity index (χ0n) is 15.0. The van der Waals surface area contributed by atoms with Crippen molar-refractivity contribution < 1.29 is 9.59 Å². The molecule has 4 nitrogen and oxygen atoms in total. The summed E-state index contributed by atoms with van der Waals surface area (Å²) >= 11 is 0. The Morgan fingerprint density at radius 3 is 2.23 bits per heavy atom. The minimum absolute atomic E-state index is 0.0443. The highest BCUT2D eigenvalue weighted by Crippen LogP contribution is 2.20. The van der Waals surface area contributed by atoms with Crippen LogP contribution in [0.25, 0.3) is 10.8 Å². The predicted molar refractivity (Wildman–Crippen MR) is 105 cm³/mol. The first-order chi connectivity index (χ1) is 12.5. The first-order valence-corrected chi connectivity index (χ1v) is 8.64. The molecule has 4 heteroatoms. The number of aryl methyl sites for hydroxylation is 2. The van der Waals surface area contributed by atoms with E-state index in [-0.39, 0.29) is 24.8 Å². The van der Waals surface area contributed by atoms with Gasteiger partial charge in [-0.05, 0) is 41.3 Å². The molecule has 3 aromatic carbocycles. The van der Waals surface area contributed by atoms with E-state index in [0.29, 0.717) is 0 Å². The summed E-state index contributed by atoms with van der Waals surface area (Å²) in [6.07, 6.45) is 0.248. The predicted octanol–water partition coefficient (Wildman–Crippen LogP) is 3.75. The fourth-order valence-corrected chi connectivity index (χ4v) is 3.06. The van der Waals surface area contributed by atoms with Gasteiger partial charge in [0, 0.05) is 5.69 Å². The standard InChI is InChI=1S/C22H22N2O2/c1-15-7-5-8-16(2)22(15)24-21(26)14-23-20(25)13-18-11-6-10-17-9-3-4-12-19(17)18/h3-12H,13-14H2,1-2H3,(H,23,25)(H,24,26). The number of amides is 2. The average Bonchev–Trinajstić information content (AvgIpc) is 2.63. The van der Waals surface area contributed by atoms with Gasteiger partial charge in [-0.25, -0.2) is 0 Å². The number of nitrogens with one attached hydrogen (secondary N) is 2. The van der Waals surface area contributed by atoms with E-state index in [4.69, 9.17) is 0 Å². The molecule has 2 amide bonds. The van der Waals surface area contributed by atoms with Gasteiger partial charge in [-0.3, -0.25) is 9.59 Å². The molecule has 3 rings (SSSR count). The van der Waals surface area contributed by atoms with Crippen LogP contribution in [0.5, 0.6) is 0 Å². The van der Waals surface area contributed by atoms with Gasteiger partial charge in [-0.15, -0.1) is 0 Å². The van der Waals surface area contributed by atoms with Crippen LogP contribution in [0.4, 0.5) is 5.69 Å². The van der Waals surface area contributed by atoms with Crippen molar-refractivity contribution in [2.75, 3.05) is 11.9 Å². The topological polar surface area (TPSA) is 58.2 Å². The molecule has 2 N–H and O–H groups in total. The minimum Gasteiger partial charge on any atom is -0.347 e.